The number of allylic oxidation sites excluding steroid dienone is 10. The molecule has 0 aliphatic heterocycles. The quantitative estimate of drug-likeness (QED) is 0.142. The molecule has 2 heteroatoms. The summed E-state index contributed by atoms with van der Waals surface area (Å²) in [7, 11) is 0. The fourth-order valence-corrected chi connectivity index (χ4v) is 12.1. The zero-order valence-corrected chi connectivity index (χ0v) is 38.7. The average molecular weight is 885 g/mol. The summed E-state index contributed by atoms with van der Waals surface area (Å²) in [5, 5.41) is 0. The van der Waals surface area contributed by atoms with E-state index >= 15 is 0 Å². The van der Waals surface area contributed by atoms with Crippen LogP contribution >= 0.6 is 0 Å². The van der Waals surface area contributed by atoms with Gasteiger partial charge in [0.05, 0.1) is 11.5 Å². The van der Waals surface area contributed by atoms with Gasteiger partial charge >= 0.3 is 0 Å². The van der Waals surface area contributed by atoms with E-state index in [0.29, 0.717) is 0 Å². The van der Waals surface area contributed by atoms with Gasteiger partial charge in [-0.25, -0.2) is 0 Å². The fraction of sp³-hybridized carbons (Fsp3) is 0.104. The molecule has 5 aliphatic rings. The number of hydrogen-bond acceptors (Lipinski definition) is 2. The summed E-state index contributed by atoms with van der Waals surface area (Å²) in [5.74, 6) is 0. The Morgan fingerprint density at radius 1 is 0.420 bits per heavy atom. The lowest BCUT2D eigenvalue weighted by Gasteiger charge is -2.39. The number of nitrogens with zero attached hydrogens (tertiary/aromatic N) is 2. The van der Waals surface area contributed by atoms with Gasteiger partial charge in [0.15, 0.2) is 0 Å². The summed E-state index contributed by atoms with van der Waals surface area (Å²) in [5.41, 5.74) is 24.1. The molecule has 330 valence electrons. The van der Waals surface area contributed by atoms with E-state index in [1.54, 1.807) is 0 Å². The van der Waals surface area contributed by atoms with Crippen molar-refractivity contribution in [3.63, 3.8) is 0 Å². The SMILES string of the molecule is C1=CC(c2ccc(N(C3=CC=C(N(c4cccc5c4-c4ccccc4C54c5ccccc5-c5ccccc54)C4C=CC(c5ccccc5)=CC4)CC3)c3cccc(-c4ccccc4)c3)cc2)=CCC1. The number of anilines is 3. The maximum absolute atomic E-state index is 2.70. The Morgan fingerprint density at radius 3 is 1.67 bits per heavy atom. The van der Waals surface area contributed by atoms with Crippen molar-refractivity contribution >= 4 is 28.2 Å². The first-order valence-corrected chi connectivity index (χ1v) is 24.7. The minimum atomic E-state index is -0.411. The van der Waals surface area contributed by atoms with Crippen LogP contribution in [-0.4, -0.2) is 6.04 Å². The van der Waals surface area contributed by atoms with Crippen molar-refractivity contribution in [3.8, 4) is 33.4 Å². The van der Waals surface area contributed by atoms with Crippen molar-refractivity contribution in [2.75, 3.05) is 9.80 Å². The Hall–Kier alpha value is -8.20. The monoisotopic (exact) mass is 884 g/mol. The maximum Gasteiger partial charge on any atom is 0.0726 e. The molecule has 8 aromatic carbocycles. The molecule has 5 aliphatic carbocycles. The largest absolute Gasteiger partial charge is 0.337 e. The zero-order chi connectivity index (χ0) is 45.7. The van der Waals surface area contributed by atoms with Gasteiger partial charge in [0.2, 0.25) is 0 Å². The summed E-state index contributed by atoms with van der Waals surface area (Å²) >= 11 is 0. The molecule has 0 heterocycles. The predicted octanol–water partition coefficient (Wildman–Crippen LogP) is 17.0. The minimum absolute atomic E-state index is 0.117. The van der Waals surface area contributed by atoms with Gasteiger partial charge in [0.25, 0.3) is 0 Å². The summed E-state index contributed by atoms with van der Waals surface area (Å²) in [6, 6.07) is 74.6. The average Bonchev–Trinajstić information content (AvgIpc) is 3.91. The molecular formula is C67H52N2. The highest BCUT2D eigenvalue weighted by molar-refractivity contribution is 5.99. The molecule has 1 unspecified atom stereocenters. The van der Waals surface area contributed by atoms with Crippen LogP contribution in [0.2, 0.25) is 0 Å². The maximum atomic E-state index is 2.70. The molecule has 0 amide bonds. The van der Waals surface area contributed by atoms with E-state index in [9.17, 15) is 0 Å². The Balaban J connectivity index is 0.962. The summed E-state index contributed by atoms with van der Waals surface area (Å²) < 4.78 is 0. The number of hydrogen-bond donors (Lipinski definition) is 0. The molecule has 1 atom stereocenters. The number of fused-ring (bicyclic) bond motifs is 10. The number of benzene rings is 8. The van der Waals surface area contributed by atoms with E-state index in [0.717, 1.165) is 43.5 Å². The molecule has 13 rings (SSSR count). The number of rotatable bonds is 9. The van der Waals surface area contributed by atoms with Crippen molar-refractivity contribution in [3.05, 3.63) is 294 Å². The third-order valence-corrected chi connectivity index (χ3v) is 15.1. The molecule has 0 radical (unpaired) electrons. The summed E-state index contributed by atoms with van der Waals surface area (Å²) in [6.07, 6.45) is 23.9. The Kier molecular flexibility index (Phi) is 10.2. The van der Waals surface area contributed by atoms with Gasteiger partial charge in [0.1, 0.15) is 0 Å². The van der Waals surface area contributed by atoms with Crippen LogP contribution in [0.25, 0.3) is 44.5 Å². The van der Waals surface area contributed by atoms with Gasteiger partial charge in [-0.2, -0.15) is 0 Å². The standard InChI is InChI=1S/C67H52N2/c1-4-18-47(19-5-1)50-34-38-53(39-35-50)68(57-25-16-24-52(46-57)49-22-8-3-9-23-49)54-42-44-56(45-43-54)69(55-40-36-51(37-41-55)48-20-6-2-7-21-48)65-33-17-32-64-66(65)60-28-12-15-31-63(60)67(64)61-29-13-10-26-58(61)59-27-11-14-30-62(59)67/h2-4,6-40,42,44,46,55H,1,5,41,43,45H2. The van der Waals surface area contributed by atoms with Gasteiger partial charge in [-0.05, 0) is 147 Å². The van der Waals surface area contributed by atoms with Gasteiger partial charge in [-0.15, -0.1) is 0 Å². The predicted molar refractivity (Wildman–Crippen MR) is 289 cm³/mol. The topological polar surface area (TPSA) is 6.48 Å². The normalized spacial score (nSPS) is 16.9. The zero-order valence-electron chi connectivity index (χ0n) is 38.7. The van der Waals surface area contributed by atoms with Crippen LogP contribution in [0.3, 0.4) is 0 Å². The van der Waals surface area contributed by atoms with E-state index in [1.165, 1.54) is 95.0 Å². The molecule has 2 nitrogen and oxygen atoms in total. The van der Waals surface area contributed by atoms with Gasteiger partial charge in [-0.1, -0.05) is 206 Å². The first kappa shape index (κ1) is 41.0. The van der Waals surface area contributed by atoms with Gasteiger partial charge in [0, 0.05) is 34.0 Å². The first-order chi connectivity index (χ1) is 34.2. The lowest BCUT2D eigenvalue weighted by Crippen LogP contribution is -2.35. The summed E-state index contributed by atoms with van der Waals surface area (Å²) in [4.78, 5) is 5.19. The molecule has 1 spiro atoms. The van der Waals surface area contributed by atoms with E-state index in [-0.39, 0.29) is 6.04 Å². The van der Waals surface area contributed by atoms with E-state index in [4.69, 9.17) is 0 Å². The Morgan fingerprint density at radius 2 is 1.00 bits per heavy atom. The lowest BCUT2D eigenvalue weighted by molar-refractivity contribution is 0.712. The molecule has 0 saturated heterocycles. The molecule has 0 bridgehead atoms. The van der Waals surface area contributed by atoms with E-state index < -0.39 is 5.41 Å². The van der Waals surface area contributed by atoms with Crippen LogP contribution in [0.15, 0.2) is 260 Å². The fourth-order valence-electron chi connectivity index (χ4n) is 12.1. The third kappa shape index (κ3) is 6.85. The van der Waals surface area contributed by atoms with Gasteiger partial charge in [-0.3, -0.25) is 0 Å². The van der Waals surface area contributed by atoms with Crippen molar-refractivity contribution in [2.45, 2.75) is 43.6 Å². The van der Waals surface area contributed by atoms with E-state index in [1.807, 2.05) is 0 Å². The Labute approximate surface area is 406 Å². The molecule has 0 aromatic heterocycles. The highest BCUT2D eigenvalue weighted by Gasteiger charge is 2.52. The van der Waals surface area contributed by atoms with Crippen molar-refractivity contribution in [2.24, 2.45) is 0 Å². The smallest absolute Gasteiger partial charge is 0.0726 e. The Bertz CT molecular complexity index is 3430. The van der Waals surface area contributed by atoms with Crippen LogP contribution in [0.1, 0.15) is 65.5 Å². The molecule has 0 N–H and O–H groups in total. The highest BCUT2D eigenvalue weighted by Crippen LogP contribution is 2.64. The third-order valence-electron chi connectivity index (χ3n) is 15.1. The lowest BCUT2D eigenvalue weighted by atomic mass is 9.70. The minimum Gasteiger partial charge on any atom is -0.337 e. The molecule has 0 fully saturated rings. The van der Waals surface area contributed by atoms with Crippen LogP contribution < -0.4 is 9.80 Å². The molecule has 69 heavy (non-hydrogen) atoms. The van der Waals surface area contributed by atoms with Crippen LogP contribution in [0.5, 0.6) is 0 Å². The second-order valence-corrected chi connectivity index (χ2v) is 18.9. The van der Waals surface area contributed by atoms with Crippen LogP contribution in [0.4, 0.5) is 17.1 Å². The summed E-state index contributed by atoms with van der Waals surface area (Å²) in [6.45, 7) is 0. The van der Waals surface area contributed by atoms with Crippen molar-refractivity contribution < 1.29 is 0 Å². The second kappa shape index (κ2) is 17.1. The van der Waals surface area contributed by atoms with E-state index in [2.05, 4.69) is 259 Å². The van der Waals surface area contributed by atoms with Crippen molar-refractivity contribution in [1.29, 1.82) is 0 Å². The van der Waals surface area contributed by atoms with Crippen LogP contribution in [-0.2, 0) is 5.41 Å². The van der Waals surface area contributed by atoms with Crippen molar-refractivity contribution in [1.82, 2.24) is 0 Å². The van der Waals surface area contributed by atoms with Gasteiger partial charge < -0.3 is 9.80 Å². The highest BCUT2D eigenvalue weighted by atomic mass is 15.2. The first-order valence-electron chi connectivity index (χ1n) is 24.7. The second-order valence-electron chi connectivity index (χ2n) is 18.9. The molecule has 8 aromatic rings. The molecular weight excluding hydrogens is 833 g/mol. The van der Waals surface area contributed by atoms with Crippen LogP contribution in [0, 0.1) is 0 Å². The molecule has 0 saturated carbocycles.